The van der Waals surface area contributed by atoms with E-state index in [-0.39, 0.29) is 14.0 Å². The lowest BCUT2D eigenvalue weighted by Gasteiger charge is -2.25. The fourth-order valence-electron chi connectivity index (χ4n) is 4.74. The molecule has 4 N–H and O–H groups in total. The van der Waals surface area contributed by atoms with Crippen molar-refractivity contribution in [1.29, 1.82) is 0 Å². The fourth-order valence-corrected chi connectivity index (χ4v) is 5.59. The van der Waals surface area contributed by atoms with Gasteiger partial charge in [-0.25, -0.2) is 9.52 Å². The molecule has 36 heavy (non-hydrogen) atoms. The van der Waals surface area contributed by atoms with E-state index >= 15 is 0 Å². The van der Waals surface area contributed by atoms with Crippen LogP contribution >= 0.6 is 0 Å². The SMILES string of the molecule is Cc1cc2c(c(NC(=O)NS(=O)(=O)c3ccn(C[C@@H]4CCO4)n3)c1-c1ccnc(/C=C\N)c1)CCC2.[HH].[HH]. The molecule has 0 saturated carbocycles. The van der Waals surface area contributed by atoms with Gasteiger partial charge in [-0.05, 0) is 85.3 Å². The lowest BCUT2D eigenvalue weighted by Crippen LogP contribution is -2.35. The van der Waals surface area contributed by atoms with E-state index < -0.39 is 16.1 Å². The van der Waals surface area contributed by atoms with Gasteiger partial charge < -0.3 is 15.8 Å². The second-order valence-electron chi connectivity index (χ2n) is 8.98. The number of aromatic nitrogens is 3. The van der Waals surface area contributed by atoms with Crippen molar-refractivity contribution >= 4 is 27.8 Å². The van der Waals surface area contributed by atoms with Gasteiger partial charge in [0.2, 0.25) is 0 Å². The number of nitrogens with one attached hydrogen (secondary N) is 2. The number of ether oxygens (including phenoxy) is 1. The number of carbonyl (C=O) groups excluding carboxylic acids is 1. The first kappa shape index (κ1) is 24.0. The van der Waals surface area contributed by atoms with E-state index in [1.807, 2.05) is 19.1 Å². The minimum Gasteiger partial charge on any atom is -0.405 e. The number of aryl methyl sites for hydroxylation is 2. The predicted molar refractivity (Wildman–Crippen MR) is 140 cm³/mol. The molecule has 2 aromatic heterocycles. The maximum atomic E-state index is 13.0. The Hall–Kier alpha value is -3.70. The van der Waals surface area contributed by atoms with Gasteiger partial charge in [0.25, 0.3) is 10.0 Å². The third-order valence-corrected chi connectivity index (χ3v) is 7.70. The van der Waals surface area contributed by atoms with Gasteiger partial charge >= 0.3 is 6.03 Å². The minimum absolute atomic E-state index is 0. The van der Waals surface area contributed by atoms with Crippen LogP contribution in [0, 0.1) is 6.92 Å². The molecule has 1 atom stereocenters. The Kier molecular flexibility index (Phi) is 6.50. The molecular formula is C25H32N6O4S. The van der Waals surface area contributed by atoms with E-state index in [0.29, 0.717) is 24.5 Å². The highest BCUT2D eigenvalue weighted by Gasteiger charge is 2.26. The van der Waals surface area contributed by atoms with E-state index in [2.05, 4.69) is 26.2 Å². The van der Waals surface area contributed by atoms with Gasteiger partial charge in [0.1, 0.15) is 0 Å². The molecule has 3 aromatic rings. The number of amides is 2. The van der Waals surface area contributed by atoms with Crippen LogP contribution in [0.2, 0.25) is 0 Å². The molecule has 0 unspecified atom stereocenters. The molecule has 0 radical (unpaired) electrons. The Bertz CT molecular complexity index is 1450. The van der Waals surface area contributed by atoms with Gasteiger partial charge in [0.15, 0.2) is 5.03 Å². The van der Waals surface area contributed by atoms with Crippen LogP contribution < -0.4 is 15.8 Å². The number of urea groups is 1. The summed E-state index contributed by atoms with van der Waals surface area (Å²) < 4.78 is 34.8. The summed E-state index contributed by atoms with van der Waals surface area (Å²) in [6.45, 7) is 3.15. The van der Waals surface area contributed by atoms with Crippen molar-refractivity contribution in [2.24, 2.45) is 5.73 Å². The van der Waals surface area contributed by atoms with Gasteiger partial charge in [-0.1, -0.05) is 6.07 Å². The molecule has 1 aliphatic carbocycles. The van der Waals surface area contributed by atoms with Crippen LogP contribution in [0.15, 0.2) is 47.9 Å². The van der Waals surface area contributed by atoms with E-state index in [9.17, 15) is 13.2 Å². The molecule has 192 valence electrons. The smallest absolute Gasteiger partial charge is 0.333 e. The van der Waals surface area contributed by atoms with Crippen LogP contribution in [0.3, 0.4) is 0 Å². The number of carbonyl (C=O) groups is 1. The number of rotatable bonds is 7. The Balaban J connectivity index is 0.00000200. The van der Waals surface area contributed by atoms with Crippen LogP contribution in [-0.4, -0.2) is 41.9 Å². The highest BCUT2D eigenvalue weighted by molar-refractivity contribution is 7.90. The first-order chi connectivity index (χ1) is 17.3. The summed E-state index contributed by atoms with van der Waals surface area (Å²) in [5, 5.41) is 6.73. The lowest BCUT2D eigenvalue weighted by molar-refractivity contribution is -0.0610. The number of hydrogen-bond acceptors (Lipinski definition) is 7. The van der Waals surface area contributed by atoms with E-state index in [0.717, 1.165) is 53.5 Å². The highest BCUT2D eigenvalue weighted by Crippen LogP contribution is 2.40. The first-order valence-electron chi connectivity index (χ1n) is 11.8. The normalized spacial score (nSPS) is 17.1. The maximum absolute atomic E-state index is 13.0. The van der Waals surface area contributed by atoms with Crippen LogP contribution in [0.25, 0.3) is 17.2 Å². The summed E-state index contributed by atoms with van der Waals surface area (Å²) in [7, 11) is -4.17. The summed E-state index contributed by atoms with van der Waals surface area (Å²) in [6.07, 6.45) is 9.96. The third kappa shape index (κ3) is 4.84. The highest BCUT2D eigenvalue weighted by atomic mass is 32.2. The number of sulfonamides is 1. The number of nitrogens with zero attached hydrogens (tertiary/aromatic N) is 3. The summed E-state index contributed by atoms with van der Waals surface area (Å²) >= 11 is 0. The zero-order chi connectivity index (χ0) is 25.3. The summed E-state index contributed by atoms with van der Waals surface area (Å²) in [6, 6.07) is 6.40. The monoisotopic (exact) mass is 512 g/mol. The van der Waals surface area contributed by atoms with Crippen LogP contribution in [0.4, 0.5) is 10.5 Å². The fraction of sp³-hybridized carbons (Fsp3) is 0.320. The Morgan fingerprint density at radius 3 is 2.92 bits per heavy atom. The Morgan fingerprint density at radius 2 is 2.17 bits per heavy atom. The topological polar surface area (TPSA) is 141 Å². The predicted octanol–water partition coefficient (Wildman–Crippen LogP) is 3.46. The molecule has 0 bridgehead atoms. The van der Waals surface area contributed by atoms with Crippen molar-refractivity contribution in [3.05, 3.63) is 65.2 Å². The quantitative estimate of drug-likeness (QED) is 0.440. The second-order valence-corrected chi connectivity index (χ2v) is 10.6. The number of fused-ring (bicyclic) bond motifs is 1. The van der Waals surface area contributed by atoms with Crippen LogP contribution in [0.5, 0.6) is 0 Å². The van der Waals surface area contributed by atoms with E-state index in [1.54, 1.807) is 18.5 Å². The van der Waals surface area contributed by atoms with Gasteiger partial charge in [-0.3, -0.25) is 9.67 Å². The molecule has 5 rings (SSSR count). The summed E-state index contributed by atoms with van der Waals surface area (Å²) in [4.78, 5) is 17.3. The van der Waals surface area contributed by atoms with Gasteiger partial charge in [-0.2, -0.15) is 13.5 Å². The zero-order valence-electron chi connectivity index (χ0n) is 19.9. The van der Waals surface area contributed by atoms with Gasteiger partial charge in [0, 0.05) is 27.4 Å². The Labute approximate surface area is 212 Å². The van der Waals surface area contributed by atoms with Crippen molar-refractivity contribution in [2.45, 2.75) is 50.3 Å². The average molecular weight is 513 g/mol. The van der Waals surface area contributed by atoms with Crippen molar-refractivity contribution in [3.63, 3.8) is 0 Å². The molecule has 1 fully saturated rings. The van der Waals surface area contributed by atoms with Crippen molar-refractivity contribution in [3.8, 4) is 11.1 Å². The minimum atomic E-state index is -4.17. The zero-order valence-corrected chi connectivity index (χ0v) is 20.7. The molecule has 1 aromatic carbocycles. The van der Waals surface area contributed by atoms with Gasteiger partial charge in [0.05, 0.1) is 24.0 Å². The summed E-state index contributed by atoms with van der Waals surface area (Å²) in [5.74, 6) is 0. The largest absolute Gasteiger partial charge is 0.405 e. The molecule has 1 aliphatic heterocycles. The maximum Gasteiger partial charge on any atom is 0.333 e. The number of hydrogen-bond donors (Lipinski definition) is 3. The van der Waals surface area contributed by atoms with Crippen LogP contribution in [-0.2, 0) is 34.1 Å². The molecule has 3 heterocycles. The Morgan fingerprint density at radius 1 is 1.33 bits per heavy atom. The molecular weight excluding hydrogens is 480 g/mol. The third-order valence-electron chi connectivity index (χ3n) is 6.48. The number of anilines is 1. The number of pyridine rings is 1. The second kappa shape index (κ2) is 9.75. The van der Waals surface area contributed by atoms with E-state index in [4.69, 9.17) is 10.5 Å². The van der Waals surface area contributed by atoms with Crippen molar-refractivity contribution < 1.29 is 20.8 Å². The number of nitrogens with two attached hydrogens (primary N) is 1. The molecule has 2 amide bonds. The van der Waals surface area contributed by atoms with Crippen LogP contribution in [0.1, 0.15) is 38.1 Å². The first-order valence-corrected chi connectivity index (χ1v) is 13.3. The van der Waals surface area contributed by atoms with Crippen molar-refractivity contribution in [2.75, 3.05) is 11.9 Å². The molecule has 2 aliphatic rings. The average Bonchev–Trinajstić information content (AvgIpc) is 3.46. The molecule has 11 heteroatoms. The lowest BCUT2D eigenvalue weighted by atomic mass is 9.93. The standard InChI is InChI=1S/C25H28N6O4S.2H2/c1-16-13-17-3-2-4-21(17)24(23(16)18-6-10-27-19(14-18)5-9-26)28-25(32)30-36(33,34)22-7-11-31(29-22)15-20-8-12-35-20;;/h5-7,9-11,13-14,20H,2-4,8,12,15,26H2,1H3,(H2,28,30,32);2*1H/b9-5-;;/t20-;;/m0../s1. The molecule has 1 saturated heterocycles. The summed E-state index contributed by atoms with van der Waals surface area (Å²) in [5.41, 5.74) is 11.6. The van der Waals surface area contributed by atoms with Gasteiger partial charge in [-0.15, -0.1) is 0 Å². The van der Waals surface area contributed by atoms with Crippen molar-refractivity contribution in [1.82, 2.24) is 19.5 Å². The van der Waals surface area contributed by atoms with E-state index in [1.165, 1.54) is 16.9 Å². The number of benzene rings is 1. The molecule has 0 spiro atoms. The molecule has 10 nitrogen and oxygen atoms in total.